The fourth-order valence-corrected chi connectivity index (χ4v) is 14.0. The van der Waals surface area contributed by atoms with Gasteiger partial charge in [-0.05, 0) is 115 Å². The lowest BCUT2D eigenvalue weighted by Gasteiger charge is -2.52. The van der Waals surface area contributed by atoms with Crippen molar-refractivity contribution in [3.63, 3.8) is 0 Å². The van der Waals surface area contributed by atoms with Crippen molar-refractivity contribution in [1.29, 1.82) is 0 Å². The van der Waals surface area contributed by atoms with Gasteiger partial charge in [0.1, 0.15) is 0 Å². The standard InChI is InChI=1S/C61H47BN2S/c1-59(2)34-35-60(3,4)49-37-41(30-32-46(49)59)64-56-43(31-33-53-54(56)44-24-13-16-29-52(44)65-53)45-36-38-18-11-12-23-42(38)57-55(45)62(64)50-27-17-26-48-58(50)63(57)51-28-15-14-25-47(51)61(48,39-19-7-5-8-20-39)40-21-9-6-10-22-40/h5-33,36-37H,34-35H2,1-4H3. The molecule has 0 unspecified atom stereocenters. The highest BCUT2D eigenvalue weighted by atomic mass is 32.1. The molecule has 0 fully saturated rings. The van der Waals surface area contributed by atoms with E-state index in [4.69, 9.17) is 0 Å². The van der Waals surface area contributed by atoms with Gasteiger partial charge >= 0.3 is 6.85 Å². The molecule has 9 aromatic carbocycles. The third-order valence-corrected chi connectivity index (χ3v) is 17.1. The van der Waals surface area contributed by atoms with Gasteiger partial charge in [0, 0.05) is 48.2 Å². The van der Waals surface area contributed by atoms with Gasteiger partial charge in [0.25, 0.3) is 0 Å². The minimum Gasteiger partial charge on any atom is -0.376 e. The number of anilines is 5. The number of benzene rings is 9. The van der Waals surface area contributed by atoms with Crippen LogP contribution in [0.3, 0.4) is 0 Å². The van der Waals surface area contributed by atoms with E-state index >= 15 is 0 Å². The maximum absolute atomic E-state index is 2.80. The normalized spacial score (nSPS) is 16.8. The molecule has 3 aliphatic heterocycles. The molecule has 1 aromatic heterocycles. The first-order chi connectivity index (χ1) is 31.8. The first-order valence-corrected chi connectivity index (χ1v) is 24.2. The molecule has 310 valence electrons. The molecule has 0 amide bonds. The number of nitrogens with zero attached hydrogens (tertiary/aromatic N) is 2. The Bertz CT molecular complexity index is 3600. The van der Waals surface area contributed by atoms with E-state index in [1.54, 1.807) is 0 Å². The van der Waals surface area contributed by atoms with Crippen LogP contribution in [0.1, 0.15) is 73.9 Å². The zero-order chi connectivity index (χ0) is 43.4. The number of thiophene rings is 1. The second-order valence-corrected chi connectivity index (χ2v) is 21.3. The summed E-state index contributed by atoms with van der Waals surface area (Å²) in [6.07, 6.45) is 2.35. The van der Waals surface area contributed by atoms with E-state index < -0.39 is 5.41 Å². The molecule has 0 spiro atoms. The van der Waals surface area contributed by atoms with E-state index in [0.29, 0.717) is 0 Å². The second-order valence-electron chi connectivity index (χ2n) is 20.2. The molecule has 0 bridgehead atoms. The molecule has 4 heterocycles. The molecule has 14 rings (SSSR count). The summed E-state index contributed by atoms with van der Waals surface area (Å²) in [5.74, 6) is 0. The quantitative estimate of drug-likeness (QED) is 0.163. The fraction of sp³-hybridized carbons (Fsp3) is 0.148. The van der Waals surface area contributed by atoms with Crippen molar-refractivity contribution in [1.82, 2.24) is 0 Å². The van der Waals surface area contributed by atoms with Gasteiger partial charge in [-0.2, -0.15) is 0 Å². The van der Waals surface area contributed by atoms with Crippen molar-refractivity contribution in [3.8, 4) is 11.1 Å². The Hall–Kier alpha value is -6.88. The van der Waals surface area contributed by atoms with Gasteiger partial charge in [-0.15, -0.1) is 11.3 Å². The summed E-state index contributed by atoms with van der Waals surface area (Å²) < 4.78 is 2.65. The van der Waals surface area contributed by atoms with Gasteiger partial charge in [0.2, 0.25) is 0 Å². The minimum atomic E-state index is -0.582. The van der Waals surface area contributed by atoms with Crippen molar-refractivity contribution in [2.45, 2.75) is 56.8 Å². The fourth-order valence-electron chi connectivity index (χ4n) is 12.9. The zero-order valence-electron chi connectivity index (χ0n) is 37.2. The summed E-state index contributed by atoms with van der Waals surface area (Å²) >= 11 is 1.92. The number of hydrogen-bond acceptors (Lipinski definition) is 3. The molecular formula is C61H47BN2S. The van der Waals surface area contributed by atoms with E-state index in [0.717, 1.165) is 6.42 Å². The predicted molar refractivity (Wildman–Crippen MR) is 278 cm³/mol. The molecule has 10 aromatic rings. The topological polar surface area (TPSA) is 6.48 Å². The van der Waals surface area contributed by atoms with Gasteiger partial charge in [-0.1, -0.05) is 179 Å². The Morgan fingerprint density at radius 3 is 1.92 bits per heavy atom. The lowest BCUT2D eigenvalue weighted by atomic mass is 9.42. The lowest BCUT2D eigenvalue weighted by Crippen LogP contribution is -2.63. The van der Waals surface area contributed by atoms with Crippen LogP contribution >= 0.6 is 11.3 Å². The maximum Gasteiger partial charge on any atom is 0.333 e. The molecular weight excluding hydrogens is 804 g/mol. The molecule has 4 heteroatoms. The summed E-state index contributed by atoms with van der Waals surface area (Å²) in [7, 11) is 0. The highest BCUT2D eigenvalue weighted by molar-refractivity contribution is 7.26. The summed E-state index contributed by atoms with van der Waals surface area (Å²) in [5, 5.41) is 5.21. The van der Waals surface area contributed by atoms with Crippen molar-refractivity contribution in [3.05, 3.63) is 221 Å². The van der Waals surface area contributed by atoms with Crippen LogP contribution in [0.15, 0.2) is 188 Å². The predicted octanol–water partition coefficient (Wildman–Crippen LogP) is 15.0. The van der Waals surface area contributed by atoms with Gasteiger partial charge in [0.05, 0.1) is 16.8 Å². The van der Waals surface area contributed by atoms with Gasteiger partial charge in [-0.3, -0.25) is 0 Å². The number of rotatable bonds is 3. The molecule has 4 aliphatic rings. The SMILES string of the molecule is CC1(C)CCC(C)(C)c2cc(N3B4c5cccc6c5N(c5ccccc5C6(c5ccccc5)c5ccccc5)c5c4c(cc4ccccc54)-c4ccc5sc6ccccc6c5c43)ccc21. The average Bonchev–Trinajstić information content (AvgIpc) is 3.73. The third-order valence-electron chi connectivity index (χ3n) is 15.9. The molecule has 0 saturated heterocycles. The molecule has 2 nitrogen and oxygen atoms in total. The summed E-state index contributed by atoms with van der Waals surface area (Å²) in [6, 6.07) is 72.2. The smallest absolute Gasteiger partial charge is 0.333 e. The Kier molecular flexibility index (Phi) is 7.57. The van der Waals surface area contributed by atoms with E-state index in [2.05, 4.69) is 225 Å². The highest BCUT2D eigenvalue weighted by Crippen LogP contribution is 2.61. The van der Waals surface area contributed by atoms with Crippen LogP contribution in [0.2, 0.25) is 0 Å². The van der Waals surface area contributed by atoms with E-state index in [1.807, 2.05) is 11.3 Å². The largest absolute Gasteiger partial charge is 0.376 e. The minimum absolute atomic E-state index is 0.0454. The summed E-state index contributed by atoms with van der Waals surface area (Å²) in [5.41, 5.74) is 19.4. The second kappa shape index (κ2) is 13.1. The monoisotopic (exact) mass is 850 g/mol. The zero-order valence-corrected chi connectivity index (χ0v) is 38.0. The Morgan fingerprint density at radius 2 is 1.14 bits per heavy atom. The molecule has 0 atom stereocenters. The van der Waals surface area contributed by atoms with Crippen molar-refractivity contribution >= 4 is 88.5 Å². The number of hydrogen-bond donors (Lipinski definition) is 0. The molecule has 0 radical (unpaired) electrons. The van der Waals surface area contributed by atoms with Crippen molar-refractivity contribution in [2.75, 3.05) is 9.71 Å². The number of para-hydroxylation sites is 2. The lowest BCUT2D eigenvalue weighted by molar-refractivity contribution is 0.332. The van der Waals surface area contributed by atoms with Crippen LogP contribution < -0.4 is 20.6 Å². The highest BCUT2D eigenvalue weighted by Gasteiger charge is 2.54. The average molecular weight is 851 g/mol. The molecule has 65 heavy (non-hydrogen) atoms. The first kappa shape index (κ1) is 37.5. The van der Waals surface area contributed by atoms with Gasteiger partial charge < -0.3 is 9.71 Å². The van der Waals surface area contributed by atoms with Crippen LogP contribution in [0, 0.1) is 0 Å². The van der Waals surface area contributed by atoms with Crippen molar-refractivity contribution < 1.29 is 0 Å². The van der Waals surface area contributed by atoms with Gasteiger partial charge in [0.15, 0.2) is 0 Å². The van der Waals surface area contributed by atoms with Crippen LogP contribution in [-0.2, 0) is 16.2 Å². The van der Waals surface area contributed by atoms with Gasteiger partial charge in [-0.25, -0.2) is 0 Å². The van der Waals surface area contributed by atoms with Crippen LogP contribution in [0.5, 0.6) is 0 Å². The van der Waals surface area contributed by atoms with Crippen molar-refractivity contribution in [2.24, 2.45) is 0 Å². The Balaban J connectivity index is 1.18. The van der Waals surface area contributed by atoms with E-state index in [-0.39, 0.29) is 17.7 Å². The summed E-state index contributed by atoms with van der Waals surface area (Å²) in [4.78, 5) is 5.48. The van der Waals surface area contributed by atoms with E-state index in [9.17, 15) is 0 Å². The number of fused-ring (bicyclic) bond motifs is 13. The van der Waals surface area contributed by atoms with Crippen LogP contribution in [-0.4, -0.2) is 6.85 Å². The van der Waals surface area contributed by atoms with Crippen LogP contribution in [0.25, 0.3) is 42.1 Å². The Morgan fingerprint density at radius 1 is 0.477 bits per heavy atom. The Labute approximate surface area is 385 Å². The van der Waals surface area contributed by atoms with Crippen LogP contribution in [0.4, 0.5) is 28.4 Å². The summed E-state index contributed by atoms with van der Waals surface area (Å²) in [6.45, 7) is 9.70. The first-order valence-electron chi connectivity index (χ1n) is 23.3. The molecule has 0 saturated carbocycles. The van der Waals surface area contributed by atoms with E-state index in [1.165, 1.54) is 121 Å². The molecule has 0 N–H and O–H groups in total. The molecule has 1 aliphatic carbocycles. The maximum atomic E-state index is 2.80. The third kappa shape index (κ3) is 4.85.